The molecule has 2 heterocycles. The molecule has 88 valence electrons. The summed E-state index contributed by atoms with van der Waals surface area (Å²) in [6.45, 7) is 0.350. The highest BCUT2D eigenvalue weighted by molar-refractivity contribution is 5.42. The van der Waals surface area contributed by atoms with Crippen LogP contribution in [0.5, 0.6) is 0 Å². The lowest BCUT2D eigenvalue weighted by atomic mass is 10.2. The number of anilines is 2. The summed E-state index contributed by atoms with van der Waals surface area (Å²) in [5, 5.41) is 0. The predicted molar refractivity (Wildman–Crippen MR) is 52.9 cm³/mol. The first kappa shape index (κ1) is 11.0. The van der Waals surface area contributed by atoms with Crippen LogP contribution < -0.4 is 10.6 Å². The fourth-order valence-corrected chi connectivity index (χ4v) is 1.86. The van der Waals surface area contributed by atoms with E-state index in [4.69, 9.17) is 5.73 Å². The maximum absolute atomic E-state index is 12.7. The Labute approximate surface area is 90.3 Å². The Morgan fingerprint density at radius 2 is 2.06 bits per heavy atom. The SMILES string of the molecule is Nc1cnc(N2CCC[C@H]2C(F)(F)F)cn1. The zero-order valence-corrected chi connectivity index (χ0v) is 8.41. The van der Waals surface area contributed by atoms with Gasteiger partial charge < -0.3 is 10.6 Å². The molecule has 2 rings (SSSR count). The number of hydrogen-bond acceptors (Lipinski definition) is 4. The third kappa shape index (κ3) is 2.02. The Balaban J connectivity index is 2.23. The average Bonchev–Trinajstić information content (AvgIpc) is 2.66. The summed E-state index contributed by atoms with van der Waals surface area (Å²) in [6, 6.07) is -1.45. The van der Waals surface area contributed by atoms with Crippen molar-refractivity contribution >= 4 is 11.6 Å². The smallest absolute Gasteiger partial charge is 0.382 e. The molecule has 16 heavy (non-hydrogen) atoms. The van der Waals surface area contributed by atoms with Crippen molar-refractivity contribution < 1.29 is 13.2 Å². The molecule has 0 unspecified atom stereocenters. The second-order valence-corrected chi connectivity index (χ2v) is 3.69. The van der Waals surface area contributed by atoms with Crippen LogP contribution in [0.4, 0.5) is 24.8 Å². The van der Waals surface area contributed by atoms with Crippen molar-refractivity contribution in [3.8, 4) is 0 Å². The van der Waals surface area contributed by atoms with Crippen LogP contribution in [0.2, 0.25) is 0 Å². The number of rotatable bonds is 1. The number of hydrogen-bond donors (Lipinski definition) is 1. The van der Waals surface area contributed by atoms with Crippen molar-refractivity contribution in [2.75, 3.05) is 17.2 Å². The van der Waals surface area contributed by atoms with Crippen LogP contribution in [0, 0.1) is 0 Å². The third-order valence-electron chi connectivity index (χ3n) is 2.58. The average molecular weight is 232 g/mol. The number of alkyl halides is 3. The number of nitrogens with zero attached hydrogens (tertiary/aromatic N) is 3. The molecule has 2 N–H and O–H groups in total. The normalized spacial score (nSPS) is 21.4. The lowest BCUT2D eigenvalue weighted by molar-refractivity contribution is -0.146. The molecule has 0 radical (unpaired) electrons. The molecule has 1 aliphatic rings. The van der Waals surface area contributed by atoms with Crippen LogP contribution in [0.3, 0.4) is 0 Å². The van der Waals surface area contributed by atoms with Crippen LogP contribution in [-0.4, -0.2) is 28.7 Å². The van der Waals surface area contributed by atoms with Crippen molar-refractivity contribution in [1.29, 1.82) is 0 Å². The molecule has 0 spiro atoms. The number of nitrogen functional groups attached to an aromatic ring is 1. The minimum atomic E-state index is -4.22. The van der Waals surface area contributed by atoms with Gasteiger partial charge in [-0.1, -0.05) is 0 Å². The van der Waals surface area contributed by atoms with E-state index >= 15 is 0 Å². The van der Waals surface area contributed by atoms with E-state index in [2.05, 4.69) is 9.97 Å². The van der Waals surface area contributed by atoms with Crippen molar-refractivity contribution in [3.63, 3.8) is 0 Å². The number of aromatic nitrogens is 2. The van der Waals surface area contributed by atoms with Gasteiger partial charge in [-0.3, -0.25) is 0 Å². The van der Waals surface area contributed by atoms with Crippen LogP contribution in [-0.2, 0) is 0 Å². The van der Waals surface area contributed by atoms with Crippen molar-refractivity contribution in [2.45, 2.75) is 25.1 Å². The maximum atomic E-state index is 12.7. The minimum absolute atomic E-state index is 0.107. The molecule has 4 nitrogen and oxygen atoms in total. The molecule has 0 aliphatic carbocycles. The summed E-state index contributed by atoms with van der Waals surface area (Å²) in [7, 11) is 0. The van der Waals surface area contributed by atoms with E-state index in [1.54, 1.807) is 0 Å². The van der Waals surface area contributed by atoms with Gasteiger partial charge in [0.25, 0.3) is 0 Å². The Morgan fingerprint density at radius 3 is 2.62 bits per heavy atom. The molecule has 1 aromatic rings. The lowest BCUT2D eigenvalue weighted by Gasteiger charge is -2.27. The lowest BCUT2D eigenvalue weighted by Crippen LogP contribution is -2.41. The Hall–Kier alpha value is -1.53. The van der Waals surface area contributed by atoms with E-state index < -0.39 is 12.2 Å². The summed E-state index contributed by atoms with van der Waals surface area (Å²) < 4.78 is 38.0. The predicted octanol–water partition coefficient (Wildman–Crippen LogP) is 1.59. The molecule has 1 aliphatic heterocycles. The highest BCUT2D eigenvalue weighted by Gasteiger charge is 2.46. The van der Waals surface area contributed by atoms with E-state index in [1.165, 1.54) is 17.3 Å². The van der Waals surface area contributed by atoms with Gasteiger partial charge in [0.05, 0.1) is 12.4 Å². The standard InChI is InChI=1S/C9H11F3N4/c10-9(11,12)6-2-1-3-16(6)8-5-14-7(13)4-15-8/h4-6H,1-3H2,(H2,13,14)/t6-/m0/s1. The molecule has 1 atom stereocenters. The minimum Gasteiger partial charge on any atom is -0.382 e. The second-order valence-electron chi connectivity index (χ2n) is 3.69. The third-order valence-corrected chi connectivity index (χ3v) is 2.58. The van der Waals surface area contributed by atoms with Gasteiger partial charge in [-0.05, 0) is 12.8 Å². The molecular weight excluding hydrogens is 221 g/mol. The zero-order chi connectivity index (χ0) is 11.8. The summed E-state index contributed by atoms with van der Waals surface area (Å²) in [5.41, 5.74) is 5.33. The maximum Gasteiger partial charge on any atom is 0.408 e. The van der Waals surface area contributed by atoms with Gasteiger partial charge in [-0.2, -0.15) is 13.2 Å². The summed E-state index contributed by atoms with van der Waals surface area (Å²) in [4.78, 5) is 8.84. The van der Waals surface area contributed by atoms with Gasteiger partial charge in [0.1, 0.15) is 17.7 Å². The molecule has 0 bridgehead atoms. The largest absolute Gasteiger partial charge is 0.408 e. The molecule has 0 aromatic carbocycles. The molecule has 1 aromatic heterocycles. The van der Waals surface area contributed by atoms with Gasteiger partial charge in [0, 0.05) is 6.54 Å². The number of nitrogens with two attached hydrogens (primary N) is 1. The van der Waals surface area contributed by atoms with Crippen LogP contribution >= 0.6 is 0 Å². The monoisotopic (exact) mass is 232 g/mol. The molecular formula is C9H11F3N4. The first-order chi connectivity index (χ1) is 7.48. The topological polar surface area (TPSA) is 55.0 Å². The van der Waals surface area contributed by atoms with Gasteiger partial charge in [0.15, 0.2) is 0 Å². The highest BCUT2D eigenvalue weighted by Crippen LogP contribution is 2.34. The van der Waals surface area contributed by atoms with Gasteiger partial charge in [-0.25, -0.2) is 9.97 Å². The van der Waals surface area contributed by atoms with E-state index in [1.807, 2.05) is 0 Å². The van der Waals surface area contributed by atoms with Gasteiger partial charge in [0.2, 0.25) is 0 Å². The highest BCUT2D eigenvalue weighted by atomic mass is 19.4. The first-order valence-electron chi connectivity index (χ1n) is 4.89. The fourth-order valence-electron chi connectivity index (χ4n) is 1.86. The Morgan fingerprint density at radius 1 is 1.31 bits per heavy atom. The first-order valence-corrected chi connectivity index (χ1v) is 4.89. The van der Waals surface area contributed by atoms with Gasteiger partial charge in [-0.15, -0.1) is 0 Å². The quantitative estimate of drug-likeness (QED) is 0.798. The van der Waals surface area contributed by atoms with Crippen LogP contribution in [0.25, 0.3) is 0 Å². The molecule has 7 heteroatoms. The Bertz CT molecular complexity index is 362. The van der Waals surface area contributed by atoms with Crippen LogP contribution in [0.15, 0.2) is 12.4 Å². The summed E-state index contributed by atoms with van der Waals surface area (Å²) in [5.74, 6) is 0.431. The molecule has 1 fully saturated rings. The van der Waals surface area contributed by atoms with E-state index in [-0.39, 0.29) is 18.1 Å². The van der Waals surface area contributed by atoms with Gasteiger partial charge >= 0.3 is 6.18 Å². The van der Waals surface area contributed by atoms with E-state index in [0.29, 0.717) is 13.0 Å². The second kappa shape index (κ2) is 3.80. The summed E-state index contributed by atoms with van der Waals surface area (Å²) >= 11 is 0. The zero-order valence-electron chi connectivity index (χ0n) is 8.41. The van der Waals surface area contributed by atoms with E-state index in [0.717, 1.165) is 0 Å². The van der Waals surface area contributed by atoms with Crippen molar-refractivity contribution in [1.82, 2.24) is 9.97 Å². The van der Waals surface area contributed by atoms with Crippen LogP contribution in [0.1, 0.15) is 12.8 Å². The molecule has 0 saturated carbocycles. The molecule has 0 amide bonds. The van der Waals surface area contributed by atoms with Crippen molar-refractivity contribution in [2.24, 2.45) is 0 Å². The molecule has 1 saturated heterocycles. The van der Waals surface area contributed by atoms with Crippen molar-refractivity contribution in [3.05, 3.63) is 12.4 Å². The number of halogens is 3. The Kier molecular flexibility index (Phi) is 2.61. The fraction of sp³-hybridized carbons (Fsp3) is 0.556. The summed E-state index contributed by atoms with van der Waals surface area (Å²) in [6.07, 6.45) is -1.06. The van der Waals surface area contributed by atoms with E-state index in [9.17, 15) is 13.2 Å².